The van der Waals surface area contributed by atoms with Crippen molar-refractivity contribution >= 4 is 39.1 Å². The smallest absolute Gasteiger partial charge is 0.422 e. The lowest BCUT2D eigenvalue weighted by atomic mass is 9.50. The second-order valence-corrected chi connectivity index (χ2v) is 11.2. The fourth-order valence-corrected chi connectivity index (χ4v) is 6.87. The number of nitrogens with one attached hydrogen (secondary N) is 3. The van der Waals surface area contributed by atoms with E-state index in [4.69, 9.17) is 4.74 Å². The molecule has 37 heavy (non-hydrogen) atoms. The van der Waals surface area contributed by atoms with E-state index in [2.05, 4.69) is 44.2 Å². The predicted molar refractivity (Wildman–Crippen MR) is 131 cm³/mol. The van der Waals surface area contributed by atoms with Crippen LogP contribution in [-0.2, 0) is 0 Å². The maximum atomic E-state index is 13.2. The summed E-state index contributed by atoms with van der Waals surface area (Å²) in [5.41, 5.74) is 11.3. The third kappa shape index (κ3) is 4.08. The number of anilines is 2. The topological polar surface area (TPSA) is 98.8 Å². The Kier molecular flexibility index (Phi) is 5.57. The highest BCUT2D eigenvalue weighted by Gasteiger charge is 2.66. The van der Waals surface area contributed by atoms with Gasteiger partial charge >= 0.3 is 6.18 Å². The molecule has 6 rings (SSSR count). The molecule has 3 aliphatic heterocycles. The molecule has 3 fully saturated rings. The van der Waals surface area contributed by atoms with Crippen LogP contribution in [0, 0.1) is 23.2 Å². The van der Waals surface area contributed by atoms with Crippen molar-refractivity contribution in [1.29, 1.82) is 0 Å². The molecule has 13 heteroatoms. The summed E-state index contributed by atoms with van der Waals surface area (Å²) in [6, 6.07) is 6.96. The first-order chi connectivity index (χ1) is 17.5. The molecule has 0 bridgehead atoms. The number of halogens is 4. The highest BCUT2D eigenvalue weighted by molar-refractivity contribution is 9.10. The molecule has 2 amide bonds. The van der Waals surface area contributed by atoms with Gasteiger partial charge in [0.05, 0.1) is 21.4 Å². The first-order valence-electron chi connectivity index (χ1n) is 11.9. The van der Waals surface area contributed by atoms with Crippen molar-refractivity contribution < 1.29 is 27.5 Å². The Bertz CT molecular complexity index is 1290. The predicted octanol–water partition coefficient (Wildman–Crippen LogP) is 3.52. The molecular weight excluding hydrogens is 557 g/mol. The average Bonchev–Trinajstić information content (AvgIpc) is 3.56. The summed E-state index contributed by atoms with van der Waals surface area (Å²) in [6.45, 7) is 3.16. The van der Waals surface area contributed by atoms with Gasteiger partial charge in [-0.2, -0.15) is 13.2 Å². The lowest BCUT2D eigenvalue weighted by Crippen LogP contribution is -2.53. The Hall–Kier alpha value is -3.06. The number of likely N-dealkylation sites (tertiary alicyclic amines) is 2. The van der Waals surface area contributed by atoms with Gasteiger partial charge in [-0.3, -0.25) is 9.59 Å². The number of hydrogen-bond acceptors (Lipinski definition) is 7. The largest absolute Gasteiger partial charge is 0.467 e. The first-order valence-corrected chi connectivity index (χ1v) is 12.7. The first kappa shape index (κ1) is 24.3. The van der Waals surface area contributed by atoms with Gasteiger partial charge in [0.15, 0.2) is 6.61 Å². The summed E-state index contributed by atoms with van der Waals surface area (Å²) in [4.78, 5) is 34.1. The van der Waals surface area contributed by atoms with Crippen molar-refractivity contribution in [1.82, 2.24) is 20.3 Å². The van der Waals surface area contributed by atoms with Crippen LogP contribution in [0.1, 0.15) is 27.6 Å². The zero-order chi connectivity index (χ0) is 26.1. The van der Waals surface area contributed by atoms with Gasteiger partial charge in [0.1, 0.15) is 0 Å². The van der Waals surface area contributed by atoms with E-state index in [1.54, 1.807) is 4.90 Å². The molecule has 0 radical (unpaired) electrons. The van der Waals surface area contributed by atoms with Crippen LogP contribution in [0.25, 0.3) is 0 Å². The Balaban J connectivity index is 1.10. The zero-order valence-corrected chi connectivity index (χ0v) is 21.3. The molecule has 0 spiro atoms. The molecule has 4 aliphatic rings. The van der Waals surface area contributed by atoms with Crippen molar-refractivity contribution in [3.05, 3.63) is 46.1 Å². The van der Waals surface area contributed by atoms with Crippen molar-refractivity contribution in [2.75, 3.05) is 43.6 Å². The molecule has 1 saturated carbocycles. The number of alkyl halides is 3. The second kappa shape index (κ2) is 8.48. The fraction of sp³-hybridized carbons (Fsp3) is 0.458. The average molecular weight is 581 g/mol. The summed E-state index contributed by atoms with van der Waals surface area (Å²) < 4.78 is 42.2. The molecule has 3 N–H and O–H groups in total. The highest BCUT2D eigenvalue weighted by Crippen LogP contribution is 2.62. The van der Waals surface area contributed by atoms with Gasteiger partial charge in [-0.25, -0.2) is 4.98 Å². The van der Waals surface area contributed by atoms with Gasteiger partial charge < -0.3 is 25.4 Å². The van der Waals surface area contributed by atoms with Crippen LogP contribution >= 0.6 is 15.9 Å². The minimum absolute atomic E-state index is 0.00395. The number of ether oxygens (including phenoxy) is 1. The van der Waals surface area contributed by atoms with E-state index in [-0.39, 0.29) is 39.1 Å². The lowest BCUT2D eigenvalue weighted by Gasteiger charge is -2.52. The number of hydrazine groups is 2. The lowest BCUT2D eigenvalue weighted by molar-refractivity contribution is -0.154. The summed E-state index contributed by atoms with van der Waals surface area (Å²) in [6.07, 6.45) is -3.23. The third-order valence-electron chi connectivity index (χ3n) is 8.19. The van der Waals surface area contributed by atoms with E-state index in [0.29, 0.717) is 43.6 Å². The van der Waals surface area contributed by atoms with Crippen LogP contribution in [-0.4, -0.2) is 65.6 Å². The van der Waals surface area contributed by atoms with Crippen LogP contribution in [0.4, 0.5) is 24.5 Å². The number of aromatic nitrogens is 1. The number of carbonyl (C=O) groups is 2. The number of hydrogen-bond donors (Lipinski definition) is 3. The number of pyridine rings is 1. The van der Waals surface area contributed by atoms with Crippen molar-refractivity contribution in [2.24, 2.45) is 23.2 Å². The standard InChI is InChI=1S/C24H24BrF3N6O3/c1-23-10-34(22(36)13-4-17(25)20(29-6-13)37-11-24(26,27)28)9-16(23)14-7-33(8-15(14)23)21(35)12-2-3-18-19(5-12)31-32-30-18/h2-6,14-16,30-32H,7-11H2,1H3/t14-,15+,16+,23-/m1/s1. The van der Waals surface area contributed by atoms with Crippen LogP contribution in [0.15, 0.2) is 34.9 Å². The van der Waals surface area contributed by atoms with E-state index in [9.17, 15) is 22.8 Å². The fourth-order valence-electron chi connectivity index (χ4n) is 6.41. The van der Waals surface area contributed by atoms with Crippen LogP contribution < -0.4 is 21.1 Å². The highest BCUT2D eigenvalue weighted by atomic mass is 79.9. The van der Waals surface area contributed by atoms with E-state index >= 15 is 0 Å². The summed E-state index contributed by atoms with van der Waals surface area (Å²) in [5, 5.41) is 0. The van der Waals surface area contributed by atoms with Gasteiger partial charge in [0.2, 0.25) is 5.88 Å². The number of rotatable bonds is 4. The van der Waals surface area contributed by atoms with Gasteiger partial charge in [0.25, 0.3) is 11.8 Å². The van der Waals surface area contributed by atoms with E-state index in [1.165, 1.54) is 12.3 Å². The molecule has 0 unspecified atom stereocenters. The van der Waals surface area contributed by atoms with Gasteiger partial charge in [0, 0.05) is 37.9 Å². The van der Waals surface area contributed by atoms with Crippen molar-refractivity contribution in [2.45, 2.75) is 13.1 Å². The Morgan fingerprint density at radius 3 is 2.51 bits per heavy atom. The molecule has 2 aromatic rings. The number of benzene rings is 1. The summed E-state index contributed by atoms with van der Waals surface area (Å²) in [5.74, 6) is 0.478. The Morgan fingerprint density at radius 2 is 1.78 bits per heavy atom. The quantitative estimate of drug-likeness (QED) is 0.509. The maximum absolute atomic E-state index is 13.2. The molecule has 1 aromatic carbocycles. The molecule has 1 aromatic heterocycles. The number of fused-ring (bicyclic) bond motifs is 5. The third-order valence-corrected chi connectivity index (χ3v) is 8.75. The van der Waals surface area contributed by atoms with Gasteiger partial charge in [-0.1, -0.05) is 6.92 Å². The van der Waals surface area contributed by atoms with E-state index < -0.39 is 12.8 Å². The zero-order valence-electron chi connectivity index (χ0n) is 19.7. The minimum Gasteiger partial charge on any atom is -0.467 e. The molecule has 2 saturated heterocycles. The van der Waals surface area contributed by atoms with Crippen molar-refractivity contribution in [3.63, 3.8) is 0 Å². The summed E-state index contributed by atoms with van der Waals surface area (Å²) >= 11 is 3.16. The van der Waals surface area contributed by atoms with Gasteiger partial charge in [-0.15, -0.1) is 5.53 Å². The summed E-state index contributed by atoms with van der Waals surface area (Å²) in [7, 11) is 0. The van der Waals surface area contributed by atoms with Gasteiger partial charge in [-0.05, 0) is 63.4 Å². The van der Waals surface area contributed by atoms with Crippen LogP contribution in [0.3, 0.4) is 0 Å². The van der Waals surface area contributed by atoms with Crippen molar-refractivity contribution in [3.8, 4) is 5.88 Å². The molecule has 1 aliphatic carbocycles. The normalized spacial score (nSPS) is 27.5. The Labute approximate surface area is 218 Å². The second-order valence-electron chi connectivity index (χ2n) is 10.3. The Morgan fingerprint density at radius 1 is 1.08 bits per heavy atom. The SMILES string of the molecule is C[C@]12CN(C(=O)c3cnc(OCC(F)(F)F)c(Br)c3)C[C@H]1[C@@H]1CN(C(=O)c3ccc4c(c3)NNN4)C[C@@H]12. The number of carbonyl (C=O) groups excluding carboxylic acids is 2. The monoisotopic (exact) mass is 580 g/mol. The molecule has 4 heterocycles. The van der Waals surface area contributed by atoms with E-state index in [1.807, 2.05) is 23.1 Å². The van der Waals surface area contributed by atoms with Crippen LogP contribution in [0.2, 0.25) is 0 Å². The number of nitrogens with zero attached hydrogens (tertiary/aromatic N) is 3. The van der Waals surface area contributed by atoms with E-state index in [0.717, 1.165) is 11.4 Å². The molecule has 196 valence electrons. The van der Waals surface area contributed by atoms with Crippen LogP contribution in [0.5, 0.6) is 5.88 Å². The molecule has 4 atom stereocenters. The molecule has 9 nitrogen and oxygen atoms in total. The minimum atomic E-state index is -4.48. The molecular formula is C24H24BrF3N6O3. The number of amides is 2. The maximum Gasteiger partial charge on any atom is 0.422 e.